The molecule has 8 nitrogen and oxygen atoms in total. The average molecular weight is 371 g/mol. The lowest BCUT2D eigenvalue weighted by Crippen LogP contribution is -2.48. The number of amides is 1. The van der Waals surface area contributed by atoms with Gasteiger partial charge in [0.05, 0.1) is 19.6 Å². The molecule has 0 saturated heterocycles. The Kier molecular flexibility index (Phi) is 7.34. The van der Waals surface area contributed by atoms with Crippen molar-refractivity contribution in [3.63, 3.8) is 0 Å². The van der Waals surface area contributed by atoms with Gasteiger partial charge in [-0.25, -0.2) is 14.7 Å². The van der Waals surface area contributed by atoms with E-state index >= 15 is 0 Å². The number of rotatable bonds is 7. The summed E-state index contributed by atoms with van der Waals surface area (Å²) in [6, 6.07) is 8.19. The monoisotopic (exact) mass is 371 g/mol. The summed E-state index contributed by atoms with van der Waals surface area (Å²) in [6.07, 6.45) is 3.22. The van der Waals surface area contributed by atoms with Gasteiger partial charge in [-0.2, -0.15) is 5.10 Å². The number of carbonyl (C=O) groups excluding carboxylic acids is 1. The predicted molar refractivity (Wildman–Crippen MR) is 106 cm³/mol. The second-order valence-electron chi connectivity index (χ2n) is 7.26. The molecule has 3 N–H and O–H groups in total. The quantitative estimate of drug-likeness (QED) is 0.504. The number of nitrogens with one attached hydrogen (secondary N) is 3. The summed E-state index contributed by atoms with van der Waals surface area (Å²) in [5.74, 6) is 0.547. The summed E-state index contributed by atoms with van der Waals surface area (Å²) in [7, 11) is 0. The fraction of sp³-hybridized carbons (Fsp3) is 0.474. The first-order valence-corrected chi connectivity index (χ1v) is 9.09. The first-order chi connectivity index (χ1) is 12.9. The maximum atomic E-state index is 12.0. The third-order valence-corrected chi connectivity index (χ3v) is 3.50. The van der Waals surface area contributed by atoms with E-state index in [1.54, 1.807) is 11.0 Å². The molecular weight excluding hydrogens is 342 g/mol. The Morgan fingerprint density at radius 3 is 2.67 bits per heavy atom. The van der Waals surface area contributed by atoms with Gasteiger partial charge in [0.25, 0.3) is 0 Å². The molecular formula is C19H29N7O. The number of benzene rings is 1. The largest absolute Gasteiger partial charge is 0.357 e. The van der Waals surface area contributed by atoms with E-state index in [0.29, 0.717) is 19.0 Å². The molecule has 1 amide bonds. The van der Waals surface area contributed by atoms with Gasteiger partial charge in [0.2, 0.25) is 5.91 Å². The number of guanidine groups is 1. The molecule has 8 heteroatoms. The van der Waals surface area contributed by atoms with Crippen molar-refractivity contribution < 1.29 is 4.79 Å². The second-order valence-corrected chi connectivity index (χ2v) is 7.26. The molecule has 0 aliphatic rings. The van der Waals surface area contributed by atoms with Crippen molar-refractivity contribution in [1.29, 1.82) is 0 Å². The summed E-state index contributed by atoms with van der Waals surface area (Å²) >= 11 is 0. The SMILES string of the molecule is CCNC(=NCc1cccc(Cn2cncn2)c1)NCC(=O)NC(C)(C)C. The Labute approximate surface area is 160 Å². The van der Waals surface area contributed by atoms with E-state index in [9.17, 15) is 4.79 Å². The molecule has 2 aromatic rings. The van der Waals surface area contributed by atoms with Gasteiger partial charge in [-0.05, 0) is 38.8 Å². The molecule has 0 bridgehead atoms. The van der Waals surface area contributed by atoms with Crippen LogP contribution in [0.3, 0.4) is 0 Å². The van der Waals surface area contributed by atoms with Crippen LogP contribution in [0, 0.1) is 0 Å². The minimum atomic E-state index is -0.251. The lowest BCUT2D eigenvalue weighted by Gasteiger charge is -2.21. The third kappa shape index (κ3) is 7.89. The van der Waals surface area contributed by atoms with Crippen LogP contribution >= 0.6 is 0 Å². The minimum absolute atomic E-state index is 0.0667. The Balaban J connectivity index is 1.94. The maximum absolute atomic E-state index is 12.0. The van der Waals surface area contributed by atoms with Crippen molar-refractivity contribution in [1.82, 2.24) is 30.7 Å². The zero-order chi connectivity index (χ0) is 19.7. The predicted octanol–water partition coefficient (Wildman–Crippen LogP) is 1.30. The topological polar surface area (TPSA) is 96.2 Å². The van der Waals surface area contributed by atoms with Crippen molar-refractivity contribution in [3.05, 3.63) is 48.0 Å². The Hall–Kier alpha value is -2.90. The number of carbonyl (C=O) groups is 1. The standard InChI is InChI=1S/C19H29N7O/c1-5-21-18(23-11-17(27)25-19(2,3)4)22-10-15-7-6-8-16(9-15)12-26-14-20-13-24-26/h6-9,13-14H,5,10-12H2,1-4H3,(H,25,27)(H2,21,22,23). The zero-order valence-electron chi connectivity index (χ0n) is 16.5. The average Bonchev–Trinajstić information content (AvgIpc) is 3.09. The molecule has 0 aliphatic carbocycles. The number of nitrogens with zero attached hydrogens (tertiary/aromatic N) is 4. The van der Waals surface area contributed by atoms with E-state index in [1.165, 1.54) is 6.33 Å². The molecule has 0 radical (unpaired) electrons. The minimum Gasteiger partial charge on any atom is -0.357 e. The highest BCUT2D eigenvalue weighted by Crippen LogP contribution is 2.08. The number of hydrogen-bond donors (Lipinski definition) is 3. The van der Waals surface area contributed by atoms with Crippen molar-refractivity contribution in [3.8, 4) is 0 Å². The van der Waals surface area contributed by atoms with E-state index < -0.39 is 0 Å². The Bertz CT molecular complexity index is 748. The molecule has 146 valence electrons. The molecule has 0 atom stereocenters. The molecule has 1 heterocycles. The molecule has 1 aromatic heterocycles. The van der Waals surface area contributed by atoms with Crippen LogP contribution in [0.5, 0.6) is 0 Å². The second kappa shape index (κ2) is 9.70. The third-order valence-electron chi connectivity index (χ3n) is 3.50. The van der Waals surface area contributed by atoms with Gasteiger partial charge in [-0.3, -0.25) is 4.79 Å². The highest BCUT2D eigenvalue weighted by molar-refractivity contribution is 5.86. The fourth-order valence-electron chi connectivity index (χ4n) is 2.47. The molecule has 0 fully saturated rings. The van der Waals surface area contributed by atoms with E-state index in [4.69, 9.17) is 0 Å². The van der Waals surface area contributed by atoms with Crippen LogP contribution in [0.15, 0.2) is 41.9 Å². The van der Waals surface area contributed by atoms with Crippen molar-refractivity contribution >= 4 is 11.9 Å². The zero-order valence-corrected chi connectivity index (χ0v) is 16.5. The summed E-state index contributed by atoms with van der Waals surface area (Å²) in [4.78, 5) is 20.5. The molecule has 27 heavy (non-hydrogen) atoms. The lowest BCUT2D eigenvalue weighted by atomic mass is 10.1. The van der Waals surface area contributed by atoms with Crippen LogP contribution in [0.25, 0.3) is 0 Å². The maximum Gasteiger partial charge on any atom is 0.239 e. The fourth-order valence-corrected chi connectivity index (χ4v) is 2.47. The first kappa shape index (κ1) is 20.4. The number of aromatic nitrogens is 3. The Morgan fingerprint density at radius 2 is 2.00 bits per heavy atom. The lowest BCUT2D eigenvalue weighted by molar-refractivity contribution is -0.121. The number of hydrogen-bond acceptors (Lipinski definition) is 4. The van der Waals surface area contributed by atoms with Gasteiger partial charge in [-0.1, -0.05) is 24.3 Å². The van der Waals surface area contributed by atoms with Gasteiger partial charge in [-0.15, -0.1) is 0 Å². The first-order valence-electron chi connectivity index (χ1n) is 9.09. The summed E-state index contributed by atoms with van der Waals surface area (Å²) < 4.78 is 1.78. The van der Waals surface area contributed by atoms with E-state index in [1.807, 2.05) is 39.8 Å². The van der Waals surface area contributed by atoms with Gasteiger partial charge >= 0.3 is 0 Å². The van der Waals surface area contributed by atoms with Crippen molar-refractivity contribution in [2.45, 2.75) is 46.3 Å². The van der Waals surface area contributed by atoms with E-state index in [2.05, 4.69) is 43.2 Å². The van der Waals surface area contributed by atoms with Crippen LogP contribution in [-0.2, 0) is 17.9 Å². The van der Waals surface area contributed by atoms with Crippen molar-refractivity contribution in [2.24, 2.45) is 4.99 Å². The van der Waals surface area contributed by atoms with Crippen LogP contribution in [-0.4, -0.2) is 45.3 Å². The highest BCUT2D eigenvalue weighted by atomic mass is 16.2. The molecule has 0 spiro atoms. The molecule has 0 aliphatic heterocycles. The van der Waals surface area contributed by atoms with Crippen LogP contribution in [0.2, 0.25) is 0 Å². The van der Waals surface area contributed by atoms with E-state index in [-0.39, 0.29) is 18.0 Å². The Morgan fingerprint density at radius 1 is 1.22 bits per heavy atom. The van der Waals surface area contributed by atoms with E-state index in [0.717, 1.165) is 17.7 Å². The molecule has 1 aromatic carbocycles. The molecule has 0 unspecified atom stereocenters. The highest BCUT2D eigenvalue weighted by Gasteiger charge is 2.13. The van der Waals surface area contributed by atoms with Crippen molar-refractivity contribution in [2.75, 3.05) is 13.1 Å². The van der Waals surface area contributed by atoms with Crippen LogP contribution in [0.1, 0.15) is 38.8 Å². The molecule has 2 rings (SSSR count). The summed E-state index contributed by atoms with van der Waals surface area (Å²) in [5, 5.41) is 13.3. The summed E-state index contributed by atoms with van der Waals surface area (Å²) in [5.41, 5.74) is 1.97. The normalized spacial score (nSPS) is 11.9. The van der Waals surface area contributed by atoms with Crippen LogP contribution in [0.4, 0.5) is 0 Å². The van der Waals surface area contributed by atoms with Gasteiger partial charge < -0.3 is 16.0 Å². The summed E-state index contributed by atoms with van der Waals surface area (Å²) in [6.45, 7) is 9.94. The number of aliphatic imine (C=N–C) groups is 1. The molecule has 0 saturated carbocycles. The smallest absolute Gasteiger partial charge is 0.239 e. The van der Waals surface area contributed by atoms with Gasteiger partial charge in [0.15, 0.2) is 5.96 Å². The van der Waals surface area contributed by atoms with Gasteiger partial charge in [0.1, 0.15) is 12.7 Å². The van der Waals surface area contributed by atoms with Crippen LogP contribution < -0.4 is 16.0 Å². The van der Waals surface area contributed by atoms with Gasteiger partial charge in [0, 0.05) is 12.1 Å².